The van der Waals surface area contributed by atoms with Crippen molar-refractivity contribution in [1.82, 2.24) is 4.90 Å². The predicted molar refractivity (Wildman–Crippen MR) is 168 cm³/mol. The smallest absolute Gasteiger partial charge is 0.323 e. The van der Waals surface area contributed by atoms with Crippen LogP contribution in [-0.2, 0) is 22.6 Å². The van der Waals surface area contributed by atoms with E-state index in [0.717, 1.165) is 0 Å². The number of fused-ring (bicyclic) bond motifs is 1. The minimum Gasteiger partial charge on any atom is -0.468 e. The van der Waals surface area contributed by atoms with Crippen LogP contribution in [0.4, 0.5) is 0 Å². The first-order valence-corrected chi connectivity index (χ1v) is 17.0. The molecular formula is C36H37NO2Si. The molecule has 0 amide bonds. The van der Waals surface area contributed by atoms with Crippen molar-refractivity contribution in [1.29, 1.82) is 0 Å². The average molecular weight is 544 g/mol. The quantitative estimate of drug-likeness (QED) is 0.137. The first-order valence-electron chi connectivity index (χ1n) is 13.9. The topological polar surface area (TPSA) is 29.5 Å². The summed E-state index contributed by atoms with van der Waals surface area (Å²) in [7, 11) is -0.798. The van der Waals surface area contributed by atoms with Gasteiger partial charge >= 0.3 is 5.97 Å². The molecule has 0 saturated carbocycles. The van der Waals surface area contributed by atoms with Crippen molar-refractivity contribution in [3.8, 4) is 0 Å². The summed E-state index contributed by atoms with van der Waals surface area (Å²) in [6, 6.07) is 46.3. The molecule has 0 aliphatic carbocycles. The van der Waals surface area contributed by atoms with Crippen LogP contribution >= 0.6 is 0 Å². The predicted octanol–water partition coefficient (Wildman–Crippen LogP) is 7.32. The Morgan fingerprint density at radius 3 is 1.73 bits per heavy atom. The molecule has 5 rings (SSSR count). The molecular weight excluding hydrogens is 506 g/mol. The summed E-state index contributed by atoms with van der Waals surface area (Å²) < 4.78 is 5.63. The van der Waals surface area contributed by atoms with Crippen LogP contribution in [0.2, 0.25) is 13.1 Å². The number of hydrogen-bond acceptors (Lipinski definition) is 3. The van der Waals surface area contributed by atoms with Crippen LogP contribution in [0, 0.1) is 0 Å². The van der Waals surface area contributed by atoms with Gasteiger partial charge < -0.3 is 4.74 Å². The zero-order chi connectivity index (χ0) is 28.0. The van der Waals surface area contributed by atoms with Crippen LogP contribution in [0.5, 0.6) is 0 Å². The second kappa shape index (κ2) is 12.5. The monoisotopic (exact) mass is 543 g/mol. The molecule has 0 radical (unpaired) electrons. The number of hydrogen-bond donors (Lipinski definition) is 0. The number of benzene rings is 5. The van der Waals surface area contributed by atoms with Gasteiger partial charge in [0.1, 0.15) is 6.04 Å². The van der Waals surface area contributed by atoms with Crippen molar-refractivity contribution in [2.24, 2.45) is 0 Å². The van der Waals surface area contributed by atoms with E-state index >= 15 is 0 Å². The third-order valence-corrected chi connectivity index (χ3v) is 12.1. The van der Waals surface area contributed by atoms with Crippen LogP contribution in [-0.4, -0.2) is 32.1 Å². The maximum absolute atomic E-state index is 14.0. The van der Waals surface area contributed by atoms with E-state index in [1.54, 1.807) is 0 Å². The largest absolute Gasteiger partial charge is 0.468 e. The van der Waals surface area contributed by atoms with E-state index in [9.17, 15) is 4.79 Å². The molecule has 4 heteroatoms. The van der Waals surface area contributed by atoms with Crippen molar-refractivity contribution >= 4 is 30.0 Å². The van der Waals surface area contributed by atoms with Gasteiger partial charge in [-0.25, -0.2) is 0 Å². The molecule has 0 aromatic heterocycles. The maximum atomic E-state index is 14.0. The van der Waals surface area contributed by atoms with E-state index in [0.29, 0.717) is 13.1 Å². The van der Waals surface area contributed by atoms with Crippen LogP contribution in [0.3, 0.4) is 0 Å². The van der Waals surface area contributed by atoms with Gasteiger partial charge in [0.15, 0.2) is 0 Å². The first-order chi connectivity index (χ1) is 19.5. The fraction of sp³-hybridized carbons (Fsp3) is 0.194. The number of carbonyl (C=O) groups is 1. The Hall–Kier alpha value is -3.99. The van der Waals surface area contributed by atoms with Gasteiger partial charge in [-0.1, -0.05) is 152 Å². The SMILES string of the molecule is COC(=O)[C@H]([C@H](c1ccc2ccccc2c1)[Si](C)(C)c1ccccc1)N(Cc1ccccc1)Cc1ccccc1. The molecule has 0 fully saturated rings. The zero-order valence-corrected chi connectivity index (χ0v) is 24.5. The molecule has 5 aromatic rings. The lowest BCUT2D eigenvalue weighted by Gasteiger charge is -2.43. The highest BCUT2D eigenvalue weighted by atomic mass is 28.3. The molecule has 0 heterocycles. The van der Waals surface area contributed by atoms with E-state index in [4.69, 9.17) is 4.74 Å². The summed E-state index contributed by atoms with van der Waals surface area (Å²) in [6.45, 7) is 6.06. The fourth-order valence-electron chi connectivity index (χ4n) is 5.95. The van der Waals surface area contributed by atoms with Gasteiger partial charge in [0.2, 0.25) is 0 Å². The molecule has 202 valence electrons. The number of esters is 1. The highest BCUT2D eigenvalue weighted by Gasteiger charge is 2.46. The lowest BCUT2D eigenvalue weighted by molar-refractivity contribution is -0.147. The lowest BCUT2D eigenvalue weighted by atomic mass is 9.98. The van der Waals surface area contributed by atoms with E-state index < -0.39 is 14.1 Å². The Balaban J connectivity index is 1.70. The van der Waals surface area contributed by atoms with Gasteiger partial charge in [0, 0.05) is 18.6 Å². The molecule has 0 bridgehead atoms. The molecule has 3 nitrogen and oxygen atoms in total. The van der Waals surface area contributed by atoms with Gasteiger partial charge in [-0.05, 0) is 27.5 Å². The summed E-state index contributed by atoms with van der Waals surface area (Å²) in [5.74, 6) is -0.193. The number of carbonyl (C=O) groups excluding carboxylic acids is 1. The van der Waals surface area contributed by atoms with E-state index in [1.807, 2.05) is 12.1 Å². The summed E-state index contributed by atoms with van der Waals surface area (Å²) >= 11 is 0. The molecule has 0 saturated heterocycles. The van der Waals surface area contributed by atoms with Crippen LogP contribution in [0.25, 0.3) is 10.8 Å². The van der Waals surface area contributed by atoms with Crippen molar-refractivity contribution in [2.45, 2.75) is 37.8 Å². The van der Waals surface area contributed by atoms with Crippen LogP contribution < -0.4 is 5.19 Å². The highest BCUT2D eigenvalue weighted by molar-refractivity contribution is 6.91. The highest BCUT2D eigenvalue weighted by Crippen LogP contribution is 2.36. The van der Waals surface area contributed by atoms with Crippen molar-refractivity contribution < 1.29 is 9.53 Å². The fourth-order valence-corrected chi connectivity index (χ4v) is 9.51. The van der Waals surface area contributed by atoms with Crippen molar-refractivity contribution in [3.05, 3.63) is 150 Å². The molecule has 2 atom stereocenters. The summed E-state index contributed by atoms with van der Waals surface area (Å²) in [5, 5.41) is 3.70. The number of methoxy groups -OCH3 is 1. The molecule has 0 spiro atoms. The van der Waals surface area contributed by atoms with Crippen molar-refractivity contribution in [3.63, 3.8) is 0 Å². The molecule has 5 aromatic carbocycles. The van der Waals surface area contributed by atoms with Gasteiger partial charge in [0.05, 0.1) is 15.2 Å². The molecule has 0 N–H and O–H groups in total. The zero-order valence-electron chi connectivity index (χ0n) is 23.5. The van der Waals surface area contributed by atoms with Crippen LogP contribution in [0.1, 0.15) is 22.2 Å². The second-order valence-electron chi connectivity index (χ2n) is 11.0. The van der Waals surface area contributed by atoms with Crippen LogP contribution in [0.15, 0.2) is 133 Å². The van der Waals surface area contributed by atoms with Gasteiger partial charge in [-0.2, -0.15) is 0 Å². The number of ether oxygens (including phenoxy) is 1. The molecule has 0 aliphatic heterocycles. The Labute approximate surface area is 239 Å². The van der Waals surface area contributed by atoms with Gasteiger partial charge in [-0.3, -0.25) is 9.69 Å². The Morgan fingerprint density at radius 2 is 1.18 bits per heavy atom. The standard InChI is InChI=1S/C36H37NO2Si/c1-39-36(38)34(37(26-28-15-7-4-8-16-28)27-29-17-9-5-10-18-29)35(40(2,3)33-21-11-6-12-22-33)32-24-23-30-19-13-14-20-31(30)25-32/h4-25,34-35H,26-27H2,1-3H3/t34-,35-/m0/s1. The molecule has 0 aliphatic rings. The lowest BCUT2D eigenvalue weighted by Crippen LogP contribution is -2.58. The third-order valence-electron chi connectivity index (χ3n) is 8.04. The average Bonchev–Trinajstić information content (AvgIpc) is 3.00. The minimum absolute atomic E-state index is 0.0561. The number of nitrogens with zero attached hydrogens (tertiary/aromatic N) is 1. The summed E-state index contributed by atoms with van der Waals surface area (Å²) in [6.07, 6.45) is 0. The van der Waals surface area contributed by atoms with Crippen molar-refractivity contribution in [2.75, 3.05) is 7.11 Å². The Morgan fingerprint density at radius 1 is 0.675 bits per heavy atom. The summed E-state index contributed by atoms with van der Waals surface area (Å²) in [4.78, 5) is 16.4. The van der Waals surface area contributed by atoms with E-state index in [-0.39, 0.29) is 11.5 Å². The molecule has 0 unspecified atom stereocenters. The van der Waals surface area contributed by atoms with Gasteiger partial charge in [-0.15, -0.1) is 0 Å². The van der Waals surface area contributed by atoms with E-state index in [1.165, 1.54) is 39.8 Å². The maximum Gasteiger partial charge on any atom is 0.323 e. The minimum atomic E-state index is -2.32. The summed E-state index contributed by atoms with van der Waals surface area (Å²) in [5.41, 5.74) is 3.47. The normalized spacial score (nSPS) is 13.2. The molecule has 40 heavy (non-hydrogen) atoms. The van der Waals surface area contributed by atoms with E-state index in [2.05, 4.69) is 139 Å². The Kier molecular flexibility index (Phi) is 8.59. The second-order valence-corrected chi connectivity index (χ2v) is 15.7. The van der Waals surface area contributed by atoms with Gasteiger partial charge in [0.25, 0.3) is 0 Å². The number of rotatable bonds is 10. The Bertz CT molecular complexity index is 1500. The third kappa shape index (κ3) is 6.09. The first kappa shape index (κ1) is 27.6.